The fraction of sp³-hybridized carbons (Fsp3) is 0.632. The second-order valence-corrected chi connectivity index (χ2v) is 7.12. The van der Waals surface area contributed by atoms with Gasteiger partial charge in [-0.3, -0.25) is 9.69 Å². The van der Waals surface area contributed by atoms with Crippen LogP contribution in [0.4, 0.5) is 0 Å². The maximum atomic E-state index is 12.3. The summed E-state index contributed by atoms with van der Waals surface area (Å²) < 4.78 is 11.5. The molecule has 0 amide bonds. The Kier molecular flexibility index (Phi) is 6.19. The van der Waals surface area contributed by atoms with E-state index >= 15 is 0 Å². The molecule has 128 valence electrons. The van der Waals surface area contributed by atoms with E-state index in [1.807, 2.05) is 39.0 Å². The molecule has 0 aliphatic carbocycles. The van der Waals surface area contributed by atoms with Gasteiger partial charge in [-0.25, -0.2) is 0 Å². The number of esters is 1. The Balaban J connectivity index is 2.10. The van der Waals surface area contributed by atoms with Gasteiger partial charge in [0.15, 0.2) is 0 Å². The molecule has 1 saturated heterocycles. The van der Waals surface area contributed by atoms with Crippen LogP contribution in [0.2, 0.25) is 0 Å². The van der Waals surface area contributed by atoms with Crippen molar-refractivity contribution in [2.75, 3.05) is 13.2 Å². The van der Waals surface area contributed by atoms with Gasteiger partial charge in [-0.15, -0.1) is 0 Å². The Morgan fingerprint density at radius 3 is 2.61 bits per heavy atom. The topological polar surface area (TPSA) is 38.8 Å². The molecule has 1 fully saturated rings. The zero-order valence-corrected chi connectivity index (χ0v) is 14.7. The maximum absolute atomic E-state index is 12.3. The van der Waals surface area contributed by atoms with E-state index in [4.69, 9.17) is 9.47 Å². The lowest BCUT2D eigenvalue weighted by atomic mass is 10.1. The van der Waals surface area contributed by atoms with Crippen LogP contribution in [-0.4, -0.2) is 35.8 Å². The average molecular weight is 319 g/mol. The number of carbonyl (C=O) groups excluding carboxylic acids is 1. The molecule has 2 atom stereocenters. The van der Waals surface area contributed by atoms with E-state index in [0.717, 1.165) is 19.3 Å². The highest BCUT2D eigenvalue weighted by atomic mass is 16.6. The second-order valence-electron chi connectivity index (χ2n) is 7.12. The molecule has 0 radical (unpaired) electrons. The summed E-state index contributed by atoms with van der Waals surface area (Å²) in [7, 11) is 0. The van der Waals surface area contributed by atoms with E-state index in [2.05, 4.69) is 24.0 Å². The molecular formula is C19H29NO3. The van der Waals surface area contributed by atoms with Gasteiger partial charge in [0.1, 0.15) is 11.8 Å². The van der Waals surface area contributed by atoms with E-state index in [0.29, 0.717) is 6.61 Å². The lowest BCUT2D eigenvalue weighted by Crippen LogP contribution is -2.39. The molecule has 2 rings (SSSR count). The van der Waals surface area contributed by atoms with E-state index < -0.39 is 5.60 Å². The molecule has 0 aromatic heterocycles. The van der Waals surface area contributed by atoms with Gasteiger partial charge in [0.05, 0.1) is 19.2 Å². The molecular weight excluding hydrogens is 290 g/mol. The Labute approximate surface area is 139 Å². The van der Waals surface area contributed by atoms with Crippen molar-refractivity contribution in [3.8, 4) is 0 Å². The molecule has 23 heavy (non-hydrogen) atoms. The summed E-state index contributed by atoms with van der Waals surface area (Å²) in [6, 6.07) is 10.4. The zero-order chi connectivity index (χ0) is 16.9. The lowest BCUT2D eigenvalue weighted by molar-refractivity contribution is -0.158. The first kappa shape index (κ1) is 18.0. The number of benzene rings is 1. The average Bonchev–Trinajstić information content (AvgIpc) is 2.86. The maximum Gasteiger partial charge on any atom is 0.320 e. The molecule has 1 aromatic carbocycles. The molecule has 1 aliphatic heterocycles. The first-order valence-corrected chi connectivity index (χ1v) is 8.55. The molecule has 1 heterocycles. The predicted octanol–water partition coefficient (Wildman–Crippen LogP) is 3.92. The lowest BCUT2D eigenvalue weighted by Gasteiger charge is -2.29. The minimum atomic E-state index is -0.460. The molecule has 1 aromatic rings. The summed E-state index contributed by atoms with van der Waals surface area (Å²) in [6.07, 6.45) is 3.16. The van der Waals surface area contributed by atoms with Gasteiger partial charge in [-0.1, -0.05) is 43.7 Å². The summed E-state index contributed by atoms with van der Waals surface area (Å²) >= 11 is 0. The summed E-state index contributed by atoms with van der Waals surface area (Å²) in [5, 5.41) is 0. The van der Waals surface area contributed by atoms with Crippen LogP contribution < -0.4 is 0 Å². The molecule has 1 aliphatic rings. The van der Waals surface area contributed by atoms with Crippen LogP contribution in [0.1, 0.15) is 58.6 Å². The molecule has 0 N–H and O–H groups in total. The summed E-state index contributed by atoms with van der Waals surface area (Å²) in [5.74, 6) is -0.189. The third-order valence-electron chi connectivity index (χ3n) is 3.94. The van der Waals surface area contributed by atoms with Crippen molar-refractivity contribution in [1.82, 2.24) is 4.90 Å². The van der Waals surface area contributed by atoms with Crippen molar-refractivity contribution in [2.24, 2.45) is 0 Å². The van der Waals surface area contributed by atoms with Crippen molar-refractivity contribution in [3.63, 3.8) is 0 Å². The van der Waals surface area contributed by atoms with Gasteiger partial charge < -0.3 is 9.47 Å². The van der Waals surface area contributed by atoms with Gasteiger partial charge in [-0.05, 0) is 39.2 Å². The van der Waals surface area contributed by atoms with Crippen LogP contribution in [-0.2, 0) is 14.3 Å². The zero-order valence-electron chi connectivity index (χ0n) is 14.7. The molecule has 4 heteroatoms. The minimum absolute atomic E-state index is 0.00678. The number of hydrogen-bond acceptors (Lipinski definition) is 4. The summed E-state index contributed by atoms with van der Waals surface area (Å²) in [4.78, 5) is 14.4. The minimum Gasteiger partial charge on any atom is -0.459 e. The third-order valence-corrected chi connectivity index (χ3v) is 3.94. The fourth-order valence-corrected chi connectivity index (χ4v) is 2.92. The van der Waals surface area contributed by atoms with Crippen molar-refractivity contribution < 1.29 is 14.3 Å². The molecule has 4 nitrogen and oxygen atoms in total. The number of ether oxygens (including phenoxy) is 2. The Hall–Kier alpha value is -1.39. The van der Waals surface area contributed by atoms with Gasteiger partial charge in [0.2, 0.25) is 0 Å². The van der Waals surface area contributed by atoms with E-state index in [1.165, 1.54) is 5.56 Å². The van der Waals surface area contributed by atoms with Gasteiger partial charge in [-0.2, -0.15) is 0 Å². The first-order chi connectivity index (χ1) is 10.9. The summed E-state index contributed by atoms with van der Waals surface area (Å²) in [6.45, 7) is 8.76. The standard InChI is InChI=1S/C19H29NO3/c1-5-6-12-17-20(13-18(21)23-19(2,3)4)16(14-22-17)15-10-8-7-9-11-15/h7-11,16-17H,5-6,12-14H2,1-4H3/t16-,17-/m0/s1. The molecule has 0 saturated carbocycles. The Bertz CT molecular complexity index is 495. The number of carbonyl (C=O) groups is 1. The van der Waals surface area contributed by atoms with Gasteiger partial charge in [0, 0.05) is 0 Å². The molecule has 0 bridgehead atoms. The van der Waals surface area contributed by atoms with Crippen molar-refractivity contribution in [2.45, 2.75) is 64.8 Å². The number of hydrogen-bond donors (Lipinski definition) is 0. The highest BCUT2D eigenvalue weighted by molar-refractivity contribution is 5.72. The van der Waals surface area contributed by atoms with Crippen LogP contribution in [0.25, 0.3) is 0 Å². The summed E-state index contributed by atoms with van der Waals surface area (Å²) in [5.41, 5.74) is 0.730. The largest absolute Gasteiger partial charge is 0.459 e. The monoisotopic (exact) mass is 319 g/mol. The van der Waals surface area contributed by atoms with Crippen molar-refractivity contribution in [1.29, 1.82) is 0 Å². The van der Waals surface area contributed by atoms with Crippen LogP contribution in [0, 0.1) is 0 Å². The third kappa shape index (κ3) is 5.33. The van der Waals surface area contributed by atoms with Crippen LogP contribution in [0.3, 0.4) is 0 Å². The van der Waals surface area contributed by atoms with Gasteiger partial charge >= 0.3 is 5.97 Å². The van der Waals surface area contributed by atoms with E-state index in [1.54, 1.807) is 0 Å². The Morgan fingerprint density at radius 1 is 1.30 bits per heavy atom. The normalized spacial score (nSPS) is 22.3. The number of rotatable bonds is 6. The van der Waals surface area contributed by atoms with E-state index in [9.17, 15) is 4.79 Å². The highest BCUT2D eigenvalue weighted by Crippen LogP contribution is 2.32. The van der Waals surface area contributed by atoms with Crippen LogP contribution in [0.5, 0.6) is 0 Å². The second kappa shape index (κ2) is 7.93. The smallest absolute Gasteiger partial charge is 0.320 e. The van der Waals surface area contributed by atoms with Crippen LogP contribution in [0.15, 0.2) is 30.3 Å². The van der Waals surface area contributed by atoms with Crippen molar-refractivity contribution >= 4 is 5.97 Å². The quantitative estimate of drug-likeness (QED) is 0.745. The van der Waals surface area contributed by atoms with Crippen LogP contribution >= 0.6 is 0 Å². The predicted molar refractivity (Wildman–Crippen MR) is 91.0 cm³/mol. The van der Waals surface area contributed by atoms with Gasteiger partial charge in [0.25, 0.3) is 0 Å². The number of nitrogens with zero attached hydrogens (tertiary/aromatic N) is 1. The SMILES string of the molecule is CCCC[C@@H]1OC[C@@H](c2ccccc2)N1CC(=O)OC(C)(C)C. The first-order valence-electron chi connectivity index (χ1n) is 8.55. The molecule has 0 spiro atoms. The fourth-order valence-electron chi connectivity index (χ4n) is 2.92. The molecule has 0 unspecified atom stereocenters. The number of unbranched alkanes of at least 4 members (excludes halogenated alkanes) is 1. The van der Waals surface area contributed by atoms with E-state index in [-0.39, 0.29) is 24.8 Å². The highest BCUT2D eigenvalue weighted by Gasteiger charge is 2.36. The van der Waals surface area contributed by atoms with Crippen molar-refractivity contribution in [3.05, 3.63) is 35.9 Å². The Morgan fingerprint density at radius 2 is 2.00 bits per heavy atom.